The maximum Gasteiger partial charge on any atom is 0.391 e. The van der Waals surface area contributed by atoms with E-state index in [9.17, 15) is 22.8 Å². The minimum atomic E-state index is -4.25. The minimum absolute atomic E-state index is 0.0868. The van der Waals surface area contributed by atoms with E-state index in [-0.39, 0.29) is 18.4 Å². The fourth-order valence-electron chi connectivity index (χ4n) is 3.14. The second-order valence-electron chi connectivity index (χ2n) is 7.10. The SMILES string of the molecule is O=C(COC(=O)c1ccc(NC2CC2)nc1)N[C@H]1CCC[C@H](C(F)(F)F)C1. The zero-order valence-corrected chi connectivity index (χ0v) is 14.7. The van der Waals surface area contributed by atoms with Crippen LogP contribution in [-0.2, 0) is 9.53 Å². The average molecular weight is 385 g/mol. The van der Waals surface area contributed by atoms with Crippen molar-refractivity contribution in [3.05, 3.63) is 23.9 Å². The van der Waals surface area contributed by atoms with Gasteiger partial charge in [-0.2, -0.15) is 13.2 Å². The Balaban J connectivity index is 1.42. The molecule has 27 heavy (non-hydrogen) atoms. The molecule has 2 saturated carbocycles. The summed E-state index contributed by atoms with van der Waals surface area (Å²) in [7, 11) is 0. The molecule has 2 fully saturated rings. The van der Waals surface area contributed by atoms with Crippen LogP contribution in [0.2, 0.25) is 0 Å². The molecular weight excluding hydrogens is 363 g/mol. The van der Waals surface area contributed by atoms with Gasteiger partial charge in [0, 0.05) is 18.3 Å². The lowest BCUT2D eigenvalue weighted by Crippen LogP contribution is -2.43. The van der Waals surface area contributed by atoms with Gasteiger partial charge in [-0.25, -0.2) is 9.78 Å². The van der Waals surface area contributed by atoms with Crippen molar-refractivity contribution in [2.24, 2.45) is 5.92 Å². The largest absolute Gasteiger partial charge is 0.452 e. The molecular formula is C18H22F3N3O3. The Hall–Kier alpha value is -2.32. The summed E-state index contributed by atoms with van der Waals surface area (Å²) in [4.78, 5) is 28.0. The van der Waals surface area contributed by atoms with Gasteiger partial charge in [-0.15, -0.1) is 0 Å². The first kappa shape index (κ1) is 19.4. The summed E-state index contributed by atoms with van der Waals surface area (Å²) in [6.07, 6.45) is 0.166. The van der Waals surface area contributed by atoms with E-state index in [0.717, 1.165) is 12.8 Å². The van der Waals surface area contributed by atoms with Crippen LogP contribution in [0.5, 0.6) is 0 Å². The molecule has 6 nitrogen and oxygen atoms in total. The average Bonchev–Trinajstić information content (AvgIpc) is 3.44. The van der Waals surface area contributed by atoms with Crippen LogP contribution in [0, 0.1) is 5.92 Å². The number of aromatic nitrogens is 1. The summed E-state index contributed by atoms with van der Waals surface area (Å²) in [6, 6.07) is 3.10. The Morgan fingerprint density at radius 3 is 2.56 bits per heavy atom. The number of esters is 1. The number of halogens is 3. The van der Waals surface area contributed by atoms with Crippen LogP contribution >= 0.6 is 0 Å². The van der Waals surface area contributed by atoms with Crippen molar-refractivity contribution in [3.63, 3.8) is 0 Å². The third-order valence-electron chi connectivity index (χ3n) is 4.77. The molecule has 2 N–H and O–H groups in total. The van der Waals surface area contributed by atoms with E-state index in [1.807, 2.05) is 0 Å². The second-order valence-corrected chi connectivity index (χ2v) is 7.10. The van der Waals surface area contributed by atoms with Gasteiger partial charge in [0.2, 0.25) is 0 Å². The molecule has 2 aliphatic rings. The number of ether oxygens (including phenoxy) is 1. The lowest BCUT2D eigenvalue weighted by atomic mass is 9.85. The quantitative estimate of drug-likeness (QED) is 0.736. The van der Waals surface area contributed by atoms with Gasteiger partial charge in [-0.05, 0) is 44.2 Å². The zero-order chi connectivity index (χ0) is 19.4. The van der Waals surface area contributed by atoms with Crippen molar-refractivity contribution in [1.29, 1.82) is 0 Å². The molecule has 0 spiro atoms. The number of hydrogen-bond acceptors (Lipinski definition) is 5. The van der Waals surface area contributed by atoms with E-state index in [4.69, 9.17) is 4.74 Å². The van der Waals surface area contributed by atoms with E-state index in [2.05, 4.69) is 15.6 Å². The van der Waals surface area contributed by atoms with E-state index in [1.54, 1.807) is 12.1 Å². The smallest absolute Gasteiger partial charge is 0.391 e. The van der Waals surface area contributed by atoms with Crippen LogP contribution in [0.1, 0.15) is 48.9 Å². The van der Waals surface area contributed by atoms with Crippen LogP contribution in [0.25, 0.3) is 0 Å². The monoisotopic (exact) mass is 385 g/mol. The van der Waals surface area contributed by atoms with Crippen LogP contribution < -0.4 is 10.6 Å². The lowest BCUT2D eigenvalue weighted by Gasteiger charge is -2.30. The summed E-state index contributed by atoms with van der Waals surface area (Å²) in [5, 5.41) is 5.71. The van der Waals surface area contributed by atoms with E-state index < -0.39 is 36.6 Å². The molecule has 2 aliphatic carbocycles. The third kappa shape index (κ3) is 5.83. The highest BCUT2D eigenvalue weighted by Crippen LogP contribution is 2.37. The number of anilines is 1. The van der Waals surface area contributed by atoms with Gasteiger partial charge in [0.05, 0.1) is 11.5 Å². The van der Waals surface area contributed by atoms with Crippen molar-refractivity contribution in [2.45, 2.75) is 56.8 Å². The van der Waals surface area contributed by atoms with E-state index in [0.29, 0.717) is 24.7 Å². The summed E-state index contributed by atoms with van der Waals surface area (Å²) in [6.45, 7) is -0.534. The number of rotatable bonds is 6. The van der Waals surface area contributed by atoms with Gasteiger partial charge < -0.3 is 15.4 Å². The minimum Gasteiger partial charge on any atom is -0.452 e. The Kier molecular flexibility index (Phi) is 5.86. The summed E-state index contributed by atoms with van der Waals surface area (Å²) >= 11 is 0. The lowest BCUT2D eigenvalue weighted by molar-refractivity contribution is -0.184. The predicted octanol–water partition coefficient (Wildman–Crippen LogP) is 3.05. The first-order valence-electron chi connectivity index (χ1n) is 9.07. The molecule has 1 aromatic rings. The summed E-state index contributed by atoms with van der Waals surface area (Å²) in [5.74, 6) is -2.03. The van der Waals surface area contributed by atoms with Crippen molar-refractivity contribution in [2.75, 3.05) is 11.9 Å². The normalized spacial score (nSPS) is 22.8. The Labute approximate surface area is 154 Å². The summed E-state index contributed by atoms with van der Waals surface area (Å²) in [5.41, 5.74) is 0.207. The molecule has 1 amide bonds. The number of nitrogens with zero attached hydrogens (tertiary/aromatic N) is 1. The van der Waals surface area contributed by atoms with Gasteiger partial charge in [0.1, 0.15) is 5.82 Å². The van der Waals surface area contributed by atoms with Gasteiger partial charge in [0.15, 0.2) is 6.61 Å². The number of pyridine rings is 1. The fraction of sp³-hybridized carbons (Fsp3) is 0.611. The Morgan fingerprint density at radius 1 is 1.15 bits per heavy atom. The third-order valence-corrected chi connectivity index (χ3v) is 4.77. The standard InChI is InChI=1S/C18H22F3N3O3/c19-18(20,21)12-2-1-3-14(8-12)24-16(25)10-27-17(26)11-4-7-15(22-9-11)23-13-5-6-13/h4,7,9,12-14H,1-3,5-6,8,10H2,(H,22,23)(H,24,25)/t12-,14-/m0/s1. The molecule has 0 aromatic carbocycles. The molecule has 0 saturated heterocycles. The molecule has 0 aliphatic heterocycles. The van der Waals surface area contributed by atoms with E-state index >= 15 is 0 Å². The number of nitrogens with one attached hydrogen (secondary N) is 2. The summed E-state index contributed by atoms with van der Waals surface area (Å²) < 4.78 is 43.3. The van der Waals surface area contributed by atoms with Crippen molar-refractivity contribution >= 4 is 17.7 Å². The van der Waals surface area contributed by atoms with Gasteiger partial charge in [0.25, 0.3) is 5.91 Å². The molecule has 3 rings (SSSR count). The van der Waals surface area contributed by atoms with Gasteiger partial charge in [-0.3, -0.25) is 4.79 Å². The predicted molar refractivity (Wildman–Crippen MR) is 91.1 cm³/mol. The van der Waals surface area contributed by atoms with Crippen molar-refractivity contribution in [3.8, 4) is 0 Å². The molecule has 0 bridgehead atoms. The number of carbonyl (C=O) groups is 2. The molecule has 9 heteroatoms. The van der Waals surface area contributed by atoms with Crippen molar-refractivity contribution < 1.29 is 27.5 Å². The Morgan fingerprint density at radius 2 is 1.93 bits per heavy atom. The highest BCUT2D eigenvalue weighted by Gasteiger charge is 2.42. The molecule has 1 heterocycles. The molecule has 0 unspecified atom stereocenters. The highest BCUT2D eigenvalue weighted by molar-refractivity contribution is 5.91. The number of amides is 1. The van der Waals surface area contributed by atoms with Crippen LogP contribution in [-0.4, -0.2) is 41.7 Å². The zero-order valence-electron chi connectivity index (χ0n) is 14.7. The first-order chi connectivity index (χ1) is 12.8. The van der Waals surface area contributed by atoms with Crippen molar-refractivity contribution in [1.82, 2.24) is 10.3 Å². The Bertz CT molecular complexity index is 675. The maximum atomic E-state index is 12.8. The molecule has 0 radical (unpaired) electrons. The second kappa shape index (κ2) is 8.14. The van der Waals surface area contributed by atoms with Crippen LogP contribution in [0.15, 0.2) is 18.3 Å². The number of alkyl halides is 3. The van der Waals surface area contributed by atoms with Crippen LogP contribution in [0.4, 0.5) is 19.0 Å². The fourth-order valence-corrected chi connectivity index (χ4v) is 3.14. The first-order valence-corrected chi connectivity index (χ1v) is 9.07. The topological polar surface area (TPSA) is 80.3 Å². The molecule has 2 atom stereocenters. The number of hydrogen-bond donors (Lipinski definition) is 2. The molecule has 1 aromatic heterocycles. The van der Waals surface area contributed by atoms with Gasteiger partial charge >= 0.3 is 12.1 Å². The highest BCUT2D eigenvalue weighted by atomic mass is 19.4. The molecule has 148 valence electrons. The maximum absolute atomic E-state index is 12.8. The number of carbonyl (C=O) groups excluding carboxylic acids is 2. The van der Waals surface area contributed by atoms with E-state index in [1.165, 1.54) is 6.20 Å². The van der Waals surface area contributed by atoms with Crippen LogP contribution in [0.3, 0.4) is 0 Å². The van der Waals surface area contributed by atoms with Gasteiger partial charge in [-0.1, -0.05) is 6.42 Å².